The first kappa shape index (κ1) is 9.46. The molecule has 3 nitrogen and oxygen atoms in total. The lowest BCUT2D eigenvalue weighted by Gasteiger charge is -2.23. The zero-order valence-electron chi connectivity index (χ0n) is 7.66. The van der Waals surface area contributed by atoms with Crippen molar-refractivity contribution in [1.82, 2.24) is 4.98 Å². The summed E-state index contributed by atoms with van der Waals surface area (Å²) in [5.74, 6) is 0.292. The second kappa shape index (κ2) is 3.96. The van der Waals surface area contributed by atoms with Crippen molar-refractivity contribution >= 4 is 23.2 Å². The van der Waals surface area contributed by atoms with Gasteiger partial charge in [0, 0.05) is 17.8 Å². The summed E-state index contributed by atoms with van der Waals surface area (Å²) < 4.78 is 0. The molecule has 0 aliphatic heterocycles. The normalized spacial score (nSPS) is 16.1. The van der Waals surface area contributed by atoms with Crippen LogP contribution in [0.4, 0.5) is 5.69 Å². The minimum Gasteiger partial charge on any atom is -0.326 e. The number of nitrogens with one attached hydrogen (secondary N) is 1. The Labute approximate surface area is 87.5 Å². The number of amides is 1. The molecule has 0 unspecified atom stereocenters. The Kier molecular flexibility index (Phi) is 2.68. The van der Waals surface area contributed by atoms with Crippen LogP contribution in [0.1, 0.15) is 19.3 Å². The molecular formula is C10H11ClN2O. The van der Waals surface area contributed by atoms with Crippen molar-refractivity contribution in [2.24, 2.45) is 5.92 Å². The predicted octanol–water partition coefficient (Wildman–Crippen LogP) is 2.47. The summed E-state index contributed by atoms with van der Waals surface area (Å²) in [5, 5.41) is 3.22. The van der Waals surface area contributed by atoms with Crippen molar-refractivity contribution in [3.63, 3.8) is 0 Å². The van der Waals surface area contributed by atoms with Gasteiger partial charge in [-0.25, -0.2) is 4.98 Å². The summed E-state index contributed by atoms with van der Waals surface area (Å²) in [6.07, 6.45) is 4.75. The van der Waals surface area contributed by atoms with Gasteiger partial charge in [-0.3, -0.25) is 4.79 Å². The molecule has 1 fully saturated rings. The minimum atomic E-state index is 0.0958. The molecule has 4 heteroatoms. The van der Waals surface area contributed by atoms with Gasteiger partial charge in [0.15, 0.2) is 0 Å². The highest BCUT2D eigenvalue weighted by Crippen LogP contribution is 2.27. The lowest BCUT2D eigenvalue weighted by Crippen LogP contribution is -2.27. The van der Waals surface area contributed by atoms with E-state index in [9.17, 15) is 4.79 Å². The Morgan fingerprint density at radius 3 is 2.93 bits per heavy atom. The fraction of sp³-hybridized carbons (Fsp3) is 0.400. The van der Waals surface area contributed by atoms with Crippen LogP contribution in [0.2, 0.25) is 5.15 Å². The van der Waals surface area contributed by atoms with E-state index in [0.717, 1.165) is 24.9 Å². The first-order valence-corrected chi connectivity index (χ1v) is 5.06. The molecule has 1 N–H and O–H groups in total. The lowest BCUT2D eigenvalue weighted by molar-refractivity contribution is -0.122. The molecule has 1 saturated carbocycles. The van der Waals surface area contributed by atoms with Crippen LogP contribution < -0.4 is 5.32 Å². The van der Waals surface area contributed by atoms with Gasteiger partial charge in [-0.15, -0.1) is 0 Å². The van der Waals surface area contributed by atoms with E-state index in [2.05, 4.69) is 10.3 Å². The molecule has 74 valence electrons. The third-order valence-corrected chi connectivity index (χ3v) is 2.68. The van der Waals surface area contributed by atoms with E-state index in [1.165, 1.54) is 0 Å². The number of carbonyl (C=O) groups excluding carboxylic acids is 1. The molecule has 0 atom stereocenters. The highest BCUT2D eigenvalue weighted by molar-refractivity contribution is 6.29. The van der Waals surface area contributed by atoms with Crippen molar-refractivity contribution < 1.29 is 4.79 Å². The summed E-state index contributed by atoms with van der Waals surface area (Å²) in [5.41, 5.74) is 0.724. The second-order valence-corrected chi connectivity index (χ2v) is 3.87. The highest BCUT2D eigenvalue weighted by atomic mass is 35.5. The third kappa shape index (κ3) is 2.04. The fourth-order valence-electron chi connectivity index (χ4n) is 1.39. The van der Waals surface area contributed by atoms with Crippen LogP contribution in [-0.2, 0) is 4.79 Å². The summed E-state index contributed by atoms with van der Waals surface area (Å²) in [6.45, 7) is 0. The van der Waals surface area contributed by atoms with E-state index < -0.39 is 0 Å². The number of carbonyl (C=O) groups is 1. The van der Waals surface area contributed by atoms with Gasteiger partial charge in [0.05, 0.1) is 0 Å². The largest absolute Gasteiger partial charge is 0.326 e. The maximum absolute atomic E-state index is 11.5. The van der Waals surface area contributed by atoms with Crippen LogP contribution in [0.15, 0.2) is 18.3 Å². The van der Waals surface area contributed by atoms with Gasteiger partial charge in [0.2, 0.25) is 5.91 Å². The fourth-order valence-corrected chi connectivity index (χ4v) is 1.57. The van der Waals surface area contributed by atoms with Gasteiger partial charge in [-0.05, 0) is 25.0 Å². The Bertz CT molecular complexity index is 350. The lowest BCUT2D eigenvalue weighted by atomic mass is 9.85. The maximum atomic E-state index is 11.5. The number of anilines is 1. The van der Waals surface area contributed by atoms with Crippen molar-refractivity contribution in [3.8, 4) is 0 Å². The molecule has 1 amide bonds. The molecule has 0 radical (unpaired) electrons. The molecule has 1 aliphatic carbocycles. The number of hydrogen-bond acceptors (Lipinski definition) is 2. The monoisotopic (exact) mass is 210 g/mol. The topological polar surface area (TPSA) is 42.0 Å². The van der Waals surface area contributed by atoms with Gasteiger partial charge in [-0.1, -0.05) is 18.0 Å². The van der Waals surface area contributed by atoms with Crippen LogP contribution in [0.25, 0.3) is 0 Å². The molecule has 0 spiro atoms. The number of rotatable bonds is 2. The van der Waals surface area contributed by atoms with Crippen LogP contribution >= 0.6 is 11.6 Å². The average Bonchev–Trinajstić information content (AvgIpc) is 1.99. The first-order valence-electron chi connectivity index (χ1n) is 4.68. The molecule has 0 aromatic carbocycles. The van der Waals surface area contributed by atoms with Gasteiger partial charge < -0.3 is 5.32 Å². The number of nitrogens with zero attached hydrogens (tertiary/aromatic N) is 1. The van der Waals surface area contributed by atoms with Crippen LogP contribution in [0, 0.1) is 5.92 Å². The van der Waals surface area contributed by atoms with Crippen molar-refractivity contribution in [1.29, 1.82) is 0 Å². The highest BCUT2D eigenvalue weighted by Gasteiger charge is 2.24. The Hall–Kier alpha value is -1.09. The molecule has 1 aromatic heterocycles. The van der Waals surface area contributed by atoms with E-state index in [1.807, 2.05) is 0 Å². The van der Waals surface area contributed by atoms with Crippen LogP contribution in [-0.4, -0.2) is 10.9 Å². The number of pyridine rings is 1. The molecule has 0 bridgehead atoms. The zero-order valence-corrected chi connectivity index (χ0v) is 8.42. The van der Waals surface area contributed by atoms with Crippen LogP contribution in [0.3, 0.4) is 0 Å². The summed E-state index contributed by atoms with van der Waals surface area (Å²) in [6, 6.07) is 3.39. The zero-order chi connectivity index (χ0) is 9.97. The van der Waals surface area contributed by atoms with Crippen LogP contribution in [0.5, 0.6) is 0 Å². The van der Waals surface area contributed by atoms with Gasteiger partial charge in [0.25, 0.3) is 0 Å². The standard InChI is InChI=1S/C10H11ClN2O/c11-9-6-8(4-5-12-9)13-10(14)7-2-1-3-7/h4-7H,1-3H2,(H,12,13,14). The summed E-state index contributed by atoms with van der Waals surface area (Å²) >= 11 is 5.69. The molecule has 14 heavy (non-hydrogen) atoms. The Balaban J connectivity index is 1.99. The SMILES string of the molecule is O=C(Nc1ccnc(Cl)c1)C1CCC1. The van der Waals surface area contributed by atoms with E-state index >= 15 is 0 Å². The smallest absolute Gasteiger partial charge is 0.227 e. The van der Waals surface area contributed by atoms with E-state index in [4.69, 9.17) is 11.6 Å². The average molecular weight is 211 g/mol. The molecule has 1 aromatic rings. The Morgan fingerprint density at radius 2 is 2.36 bits per heavy atom. The Morgan fingerprint density at radius 1 is 1.57 bits per heavy atom. The maximum Gasteiger partial charge on any atom is 0.227 e. The molecule has 2 rings (SSSR count). The molecule has 0 saturated heterocycles. The minimum absolute atomic E-state index is 0.0958. The van der Waals surface area contributed by atoms with E-state index in [1.54, 1.807) is 18.3 Å². The number of hydrogen-bond donors (Lipinski definition) is 1. The van der Waals surface area contributed by atoms with Gasteiger partial charge >= 0.3 is 0 Å². The van der Waals surface area contributed by atoms with Crippen molar-refractivity contribution in [2.75, 3.05) is 5.32 Å². The second-order valence-electron chi connectivity index (χ2n) is 3.48. The number of aromatic nitrogens is 1. The molecule has 1 aliphatic rings. The van der Waals surface area contributed by atoms with Crippen molar-refractivity contribution in [3.05, 3.63) is 23.5 Å². The molecular weight excluding hydrogens is 200 g/mol. The number of halogens is 1. The van der Waals surface area contributed by atoms with Gasteiger partial charge in [-0.2, -0.15) is 0 Å². The van der Waals surface area contributed by atoms with E-state index in [0.29, 0.717) is 5.15 Å². The quantitative estimate of drug-likeness (QED) is 0.762. The molecule has 1 heterocycles. The third-order valence-electron chi connectivity index (χ3n) is 2.47. The van der Waals surface area contributed by atoms with Crippen molar-refractivity contribution in [2.45, 2.75) is 19.3 Å². The summed E-state index contributed by atoms with van der Waals surface area (Å²) in [4.78, 5) is 15.4. The summed E-state index contributed by atoms with van der Waals surface area (Å²) in [7, 11) is 0. The predicted molar refractivity (Wildman–Crippen MR) is 55.2 cm³/mol. The first-order chi connectivity index (χ1) is 6.75. The van der Waals surface area contributed by atoms with Gasteiger partial charge in [0.1, 0.15) is 5.15 Å². The van der Waals surface area contributed by atoms with E-state index in [-0.39, 0.29) is 11.8 Å².